The fourth-order valence-electron chi connectivity index (χ4n) is 4.17. The monoisotopic (exact) mass is 426 g/mol. The zero-order valence-corrected chi connectivity index (χ0v) is 19.4. The van der Waals surface area contributed by atoms with Crippen LogP contribution in [0.1, 0.15) is 86.0 Å². The molecule has 2 saturated carbocycles. The summed E-state index contributed by atoms with van der Waals surface area (Å²) in [5.41, 5.74) is 0.418. The van der Waals surface area contributed by atoms with Gasteiger partial charge in [-0.25, -0.2) is 8.78 Å². The van der Waals surface area contributed by atoms with Crippen LogP contribution in [0, 0.1) is 11.3 Å². The normalized spacial score (nSPS) is 30.5. The first-order valence-corrected chi connectivity index (χ1v) is 11.1. The van der Waals surface area contributed by atoms with Gasteiger partial charge in [0.1, 0.15) is 5.78 Å². The number of rotatable bonds is 6. The molecule has 0 aromatic heterocycles. The molecule has 0 aromatic carbocycles. The summed E-state index contributed by atoms with van der Waals surface area (Å²) in [6.07, 6.45) is 12.7. The van der Waals surface area contributed by atoms with E-state index in [-0.39, 0.29) is 11.3 Å². The van der Waals surface area contributed by atoms with Crippen LogP contribution >= 0.6 is 0 Å². The Morgan fingerprint density at radius 2 is 1.83 bits per heavy atom. The minimum absolute atomic E-state index is 0.0565. The molecule has 3 nitrogen and oxygen atoms in total. The molecule has 5 heteroatoms. The standard InChI is InChI=1S/C14H24O2.C11H16F2O/c1-3-14(16)9-7-13(8-10-14)6-4-5-11(2)12(13)15;1-5-9(2)6-7-10(3)14-8-11(4,12)13/h11,16H,3-10H2,1-2H3;5-7H,1,8H2,2-4H3/b;9-6-,10-7+. The Kier molecular flexibility index (Phi) is 9.93. The van der Waals surface area contributed by atoms with Gasteiger partial charge < -0.3 is 9.84 Å². The van der Waals surface area contributed by atoms with Gasteiger partial charge in [-0.1, -0.05) is 44.6 Å². The third-order valence-corrected chi connectivity index (χ3v) is 6.51. The van der Waals surface area contributed by atoms with Gasteiger partial charge in [0.2, 0.25) is 0 Å². The van der Waals surface area contributed by atoms with E-state index in [2.05, 4.69) is 13.5 Å². The van der Waals surface area contributed by atoms with Crippen LogP contribution in [0.5, 0.6) is 0 Å². The first kappa shape index (κ1) is 26.5. The van der Waals surface area contributed by atoms with Gasteiger partial charge in [0, 0.05) is 18.3 Å². The first-order valence-electron chi connectivity index (χ1n) is 11.1. The van der Waals surface area contributed by atoms with Crippen LogP contribution in [0.3, 0.4) is 0 Å². The molecule has 2 rings (SSSR count). The summed E-state index contributed by atoms with van der Waals surface area (Å²) in [5, 5.41) is 10.2. The highest BCUT2D eigenvalue weighted by Crippen LogP contribution is 2.49. The number of Topliss-reactive ketones (excluding diaryl/α,β-unsaturated/α-hetero) is 1. The maximum absolute atomic E-state index is 12.4. The fourth-order valence-corrected chi connectivity index (χ4v) is 4.17. The Hall–Kier alpha value is -1.49. The fraction of sp³-hybridized carbons (Fsp3) is 0.720. The Labute approximate surface area is 181 Å². The zero-order chi connectivity index (χ0) is 23.0. The number of ether oxygens (including phenoxy) is 1. The van der Waals surface area contributed by atoms with Crippen molar-refractivity contribution in [2.24, 2.45) is 11.3 Å². The Morgan fingerprint density at radius 3 is 2.33 bits per heavy atom. The Bertz CT molecular complexity index is 635. The van der Waals surface area contributed by atoms with E-state index in [1.54, 1.807) is 25.2 Å². The van der Waals surface area contributed by atoms with Crippen molar-refractivity contribution in [1.82, 2.24) is 0 Å². The third kappa shape index (κ3) is 8.33. The van der Waals surface area contributed by atoms with Gasteiger partial charge in [0.25, 0.3) is 5.92 Å². The quantitative estimate of drug-likeness (QED) is 0.376. The molecule has 1 unspecified atom stereocenters. The van der Waals surface area contributed by atoms with Crippen molar-refractivity contribution in [2.75, 3.05) is 6.61 Å². The van der Waals surface area contributed by atoms with Gasteiger partial charge in [-0.15, -0.1) is 0 Å². The molecule has 30 heavy (non-hydrogen) atoms. The van der Waals surface area contributed by atoms with Gasteiger partial charge in [0.15, 0.2) is 6.61 Å². The first-order chi connectivity index (χ1) is 13.9. The average molecular weight is 427 g/mol. The molecule has 0 radical (unpaired) electrons. The van der Waals surface area contributed by atoms with Crippen molar-refractivity contribution in [3.05, 3.63) is 36.1 Å². The van der Waals surface area contributed by atoms with Gasteiger partial charge in [-0.3, -0.25) is 4.79 Å². The molecule has 0 amide bonds. The lowest BCUT2D eigenvalue weighted by molar-refractivity contribution is -0.142. The number of hydrogen-bond donors (Lipinski definition) is 1. The Balaban J connectivity index is 0.000000304. The van der Waals surface area contributed by atoms with Gasteiger partial charge >= 0.3 is 0 Å². The number of halogens is 2. The summed E-state index contributed by atoms with van der Waals surface area (Å²) in [4.78, 5) is 12.3. The molecule has 0 saturated heterocycles. The van der Waals surface area contributed by atoms with Gasteiger partial charge in [0.05, 0.1) is 11.4 Å². The van der Waals surface area contributed by atoms with Crippen LogP contribution in [-0.2, 0) is 9.53 Å². The molecule has 1 atom stereocenters. The highest BCUT2D eigenvalue weighted by molar-refractivity contribution is 5.87. The van der Waals surface area contributed by atoms with E-state index in [1.807, 2.05) is 13.8 Å². The number of alkyl halides is 2. The maximum Gasteiger partial charge on any atom is 0.278 e. The van der Waals surface area contributed by atoms with Crippen LogP contribution < -0.4 is 0 Å². The number of aliphatic hydroxyl groups is 1. The van der Waals surface area contributed by atoms with E-state index < -0.39 is 18.1 Å². The largest absolute Gasteiger partial charge is 0.492 e. The van der Waals surface area contributed by atoms with E-state index in [0.29, 0.717) is 11.5 Å². The minimum atomic E-state index is -2.79. The minimum Gasteiger partial charge on any atom is -0.492 e. The predicted molar refractivity (Wildman–Crippen MR) is 118 cm³/mol. The smallest absolute Gasteiger partial charge is 0.278 e. The average Bonchev–Trinajstić information content (AvgIpc) is 2.70. The van der Waals surface area contributed by atoms with Crippen molar-refractivity contribution in [1.29, 1.82) is 0 Å². The van der Waals surface area contributed by atoms with Crippen molar-refractivity contribution in [2.45, 2.75) is 97.5 Å². The van der Waals surface area contributed by atoms with E-state index >= 15 is 0 Å². The topological polar surface area (TPSA) is 46.5 Å². The summed E-state index contributed by atoms with van der Waals surface area (Å²) in [6.45, 7) is 11.4. The van der Waals surface area contributed by atoms with Crippen molar-refractivity contribution in [3.8, 4) is 0 Å². The molecule has 2 aliphatic carbocycles. The van der Waals surface area contributed by atoms with E-state index in [0.717, 1.165) is 57.4 Å². The lowest BCUT2D eigenvalue weighted by Gasteiger charge is -2.46. The molecule has 1 spiro atoms. The number of ketones is 1. The molecule has 0 aliphatic heterocycles. The SMILES string of the molecule is C=C/C(C)=C\C=C(/C)OCC(C)(F)F.CCC1(O)CCC2(CCCC(C)C2=O)CC1. The van der Waals surface area contributed by atoms with Crippen LogP contribution in [0.4, 0.5) is 8.78 Å². The van der Waals surface area contributed by atoms with E-state index in [1.165, 1.54) is 6.42 Å². The van der Waals surface area contributed by atoms with E-state index in [4.69, 9.17) is 4.74 Å². The summed E-state index contributed by atoms with van der Waals surface area (Å²) in [7, 11) is 0. The number of carbonyl (C=O) groups excluding carboxylic acids is 1. The van der Waals surface area contributed by atoms with Crippen LogP contribution in [0.15, 0.2) is 36.1 Å². The molecular weight excluding hydrogens is 386 g/mol. The lowest BCUT2D eigenvalue weighted by Crippen LogP contribution is -2.46. The number of hydrogen-bond acceptors (Lipinski definition) is 3. The molecular formula is C25H40F2O3. The molecule has 2 fully saturated rings. The predicted octanol–water partition coefficient (Wildman–Crippen LogP) is 6.77. The number of allylic oxidation sites excluding steroid dienone is 5. The molecule has 0 bridgehead atoms. The van der Waals surface area contributed by atoms with E-state index in [9.17, 15) is 18.7 Å². The Morgan fingerprint density at radius 1 is 1.23 bits per heavy atom. The van der Waals surface area contributed by atoms with Crippen molar-refractivity contribution >= 4 is 5.78 Å². The second kappa shape index (κ2) is 11.2. The summed E-state index contributed by atoms with van der Waals surface area (Å²) in [6, 6.07) is 0. The van der Waals surface area contributed by atoms with Gasteiger partial charge in [-0.2, -0.15) is 0 Å². The lowest BCUT2D eigenvalue weighted by atomic mass is 9.59. The van der Waals surface area contributed by atoms with Crippen LogP contribution in [0.25, 0.3) is 0 Å². The molecule has 0 heterocycles. The van der Waals surface area contributed by atoms with Crippen molar-refractivity contribution < 1.29 is 23.4 Å². The third-order valence-electron chi connectivity index (χ3n) is 6.51. The highest BCUT2D eigenvalue weighted by Gasteiger charge is 2.47. The molecule has 172 valence electrons. The van der Waals surface area contributed by atoms with Crippen LogP contribution in [0.2, 0.25) is 0 Å². The van der Waals surface area contributed by atoms with Crippen molar-refractivity contribution in [3.63, 3.8) is 0 Å². The summed E-state index contributed by atoms with van der Waals surface area (Å²) >= 11 is 0. The maximum atomic E-state index is 12.4. The molecule has 1 N–H and O–H groups in total. The zero-order valence-electron chi connectivity index (χ0n) is 19.4. The summed E-state index contributed by atoms with van der Waals surface area (Å²) < 4.78 is 29.6. The number of carbonyl (C=O) groups is 1. The highest BCUT2D eigenvalue weighted by atomic mass is 19.3. The molecule has 0 aromatic rings. The van der Waals surface area contributed by atoms with Crippen LogP contribution in [-0.4, -0.2) is 29.0 Å². The van der Waals surface area contributed by atoms with Gasteiger partial charge in [-0.05, 0) is 64.9 Å². The second-order valence-corrected chi connectivity index (χ2v) is 9.27. The summed E-state index contributed by atoms with van der Waals surface area (Å²) in [5.74, 6) is -1.59. The second-order valence-electron chi connectivity index (χ2n) is 9.27. The molecule has 2 aliphatic rings.